The van der Waals surface area contributed by atoms with Crippen molar-refractivity contribution in [3.63, 3.8) is 0 Å². The van der Waals surface area contributed by atoms with E-state index in [1.54, 1.807) is 12.1 Å². The summed E-state index contributed by atoms with van der Waals surface area (Å²) in [5, 5.41) is 19.0. The van der Waals surface area contributed by atoms with Gasteiger partial charge in [-0.2, -0.15) is 0 Å². The number of carbonyl (C=O) groups excluding carboxylic acids is 2. The van der Waals surface area contributed by atoms with Crippen LogP contribution in [0.5, 0.6) is 0 Å². The van der Waals surface area contributed by atoms with E-state index < -0.39 is 11.6 Å². The fourth-order valence-electron chi connectivity index (χ4n) is 3.57. The molecule has 8 heteroatoms. The second kappa shape index (κ2) is 8.69. The van der Waals surface area contributed by atoms with Crippen LogP contribution in [0, 0.1) is 0 Å². The first-order valence-electron chi connectivity index (χ1n) is 8.66. The van der Waals surface area contributed by atoms with Gasteiger partial charge < -0.3 is 25.5 Å². The number of aliphatic hydroxyl groups excluding tert-OH is 1. The van der Waals surface area contributed by atoms with E-state index >= 15 is 0 Å². The highest BCUT2D eigenvalue weighted by Gasteiger charge is 2.42. The van der Waals surface area contributed by atoms with E-state index in [0.717, 1.165) is 25.8 Å². The number of piperidine rings is 1. The minimum Gasteiger partial charge on any atom is -0.459 e. The lowest BCUT2D eigenvalue weighted by Crippen LogP contribution is -2.63. The smallest absolute Gasteiger partial charge is 0.287 e. The highest BCUT2D eigenvalue weighted by atomic mass is 35.5. The molecule has 1 aliphatic heterocycles. The third-order valence-corrected chi connectivity index (χ3v) is 5.01. The largest absolute Gasteiger partial charge is 0.459 e. The Bertz CT molecular complexity index is 572. The molecule has 2 aliphatic rings. The maximum atomic E-state index is 13.0. The van der Waals surface area contributed by atoms with E-state index in [0.29, 0.717) is 25.8 Å². The van der Waals surface area contributed by atoms with Gasteiger partial charge >= 0.3 is 0 Å². The molecular weight excluding hydrogens is 346 g/mol. The van der Waals surface area contributed by atoms with Gasteiger partial charge in [0.1, 0.15) is 5.54 Å². The van der Waals surface area contributed by atoms with Crippen molar-refractivity contribution < 1.29 is 19.1 Å². The summed E-state index contributed by atoms with van der Waals surface area (Å²) in [5.41, 5.74) is -0.924. The van der Waals surface area contributed by atoms with Crippen LogP contribution in [0.1, 0.15) is 49.1 Å². The van der Waals surface area contributed by atoms with Crippen LogP contribution in [0.2, 0.25) is 0 Å². The number of nitrogens with one attached hydrogen (secondary N) is 3. The minimum absolute atomic E-state index is 0. The summed E-state index contributed by atoms with van der Waals surface area (Å²) < 4.78 is 5.14. The Kier molecular flexibility index (Phi) is 6.87. The lowest BCUT2D eigenvalue weighted by atomic mass is 9.80. The van der Waals surface area contributed by atoms with Crippen molar-refractivity contribution in [3.05, 3.63) is 24.2 Å². The number of hydrogen-bond donors (Lipinski definition) is 4. The zero-order chi connectivity index (χ0) is 17.0. The van der Waals surface area contributed by atoms with E-state index in [1.165, 1.54) is 6.26 Å². The Morgan fingerprint density at radius 1 is 1.28 bits per heavy atom. The molecule has 1 aliphatic carbocycles. The molecule has 1 saturated heterocycles. The van der Waals surface area contributed by atoms with Crippen molar-refractivity contribution in [3.8, 4) is 0 Å². The van der Waals surface area contributed by atoms with Crippen molar-refractivity contribution in [1.82, 2.24) is 16.0 Å². The molecule has 140 valence electrons. The molecule has 0 spiro atoms. The molecule has 0 radical (unpaired) electrons. The fourth-order valence-corrected chi connectivity index (χ4v) is 3.57. The molecule has 2 amide bonds. The number of halogens is 1. The monoisotopic (exact) mass is 371 g/mol. The molecule has 0 aromatic carbocycles. The molecule has 0 bridgehead atoms. The third-order valence-electron chi connectivity index (χ3n) is 5.01. The normalized spacial score (nSPS) is 25.5. The van der Waals surface area contributed by atoms with Crippen LogP contribution in [-0.4, -0.2) is 47.7 Å². The minimum atomic E-state index is -0.924. The molecule has 3 rings (SSSR count). The molecule has 2 unspecified atom stereocenters. The van der Waals surface area contributed by atoms with E-state index in [1.807, 2.05) is 0 Å². The van der Waals surface area contributed by atoms with Gasteiger partial charge in [0.15, 0.2) is 5.76 Å². The van der Waals surface area contributed by atoms with Crippen LogP contribution in [-0.2, 0) is 4.79 Å². The predicted octanol–water partition coefficient (Wildman–Crippen LogP) is 0.973. The highest BCUT2D eigenvalue weighted by Crippen LogP contribution is 2.29. The average molecular weight is 372 g/mol. The van der Waals surface area contributed by atoms with Crippen molar-refractivity contribution in [2.45, 2.75) is 56.2 Å². The molecule has 2 atom stereocenters. The Balaban J connectivity index is 0.00000225. The van der Waals surface area contributed by atoms with Gasteiger partial charge in [0.05, 0.1) is 18.4 Å². The Hall–Kier alpha value is -1.57. The standard InChI is InChI=1S/C17H25N3O4.ClH/c21-13-11-18-9-6-12(13)19-16(23)17(7-2-1-3-8-17)20-15(22)14-5-4-10-24-14;/h4-5,10,12-13,18,21H,1-3,6-9,11H2,(H,19,23)(H,20,22);1H. The molecule has 25 heavy (non-hydrogen) atoms. The van der Waals surface area contributed by atoms with E-state index in [2.05, 4.69) is 16.0 Å². The van der Waals surface area contributed by atoms with E-state index in [4.69, 9.17) is 4.42 Å². The number of furan rings is 1. The van der Waals surface area contributed by atoms with Crippen molar-refractivity contribution in [1.29, 1.82) is 0 Å². The summed E-state index contributed by atoms with van der Waals surface area (Å²) in [6.45, 7) is 1.23. The van der Waals surface area contributed by atoms with E-state index in [-0.39, 0.29) is 36.0 Å². The lowest BCUT2D eigenvalue weighted by molar-refractivity contribution is -0.130. The van der Waals surface area contributed by atoms with Gasteiger partial charge in [0.2, 0.25) is 5.91 Å². The topological polar surface area (TPSA) is 104 Å². The summed E-state index contributed by atoms with van der Waals surface area (Å²) in [5.74, 6) is -0.370. The van der Waals surface area contributed by atoms with Crippen LogP contribution in [0.4, 0.5) is 0 Å². The summed E-state index contributed by atoms with van der Waals surface area (Å²) in [6.07, 6.45) is 5.55. The van der Waals surface area contributed by atoms with Crippen LogP contribution < -0.4 is 16.0 Å². The van der Waals surface area contributed by atoms with Crippen LogP contribution in [0.25, 0.3) is 0 Å². The predicted molar refractivity (Wildman–Crippen MR) is 94.7 cm³/mol. The molecule has 1 saturated carbocycles. The third kappa shape index (κ3) is 4.54. The first-order chi connectivity index (χ1) is 11.6. The van der Waals surface area contributed by atoms with Gasteiger partial charge in [0.25, 0.3) is 5.91 Å². The fraction of sp³-hybridized carbons (Fsp3) is 0.647. The number of hydrogen-bond acceptors (Lipinski definition) is 5. The van der Waals surface area contributed by atoms with Gasteiger partial charge in [-0.25, -0.2) is 0 Å². The maximum absolute atomic E-state index is 13.0. The van der Waals surface area contributed by atoms with Crippen molar-refractivity contribution in [2.24, 2.45) is 0 Å². The molecule has 1 aromatic heterocycles. The average Bonchev–Trinajstić information content (AvgIpc) is 3.12. The van der Waals surface area contributed by atoms with Gasteiger partial charge in [0, 0.05) is 6.54 Å². The maximum Gasteiger partial charge on any atom is 0.287 e. The first kappa shape index (κ1) is 19.8. The number of carbonyl (C=O) groups is 2. The zero-order valence-corrected chi connectivity index (χ0v) is 14.9. The second-order valence-electron chi connectivity index (χ2n) is 6.71. The van der Waals surface area contributed by atoms with Gasteiger partial charge in [-0.3, -0.25) is 9.59 Å². The summed E-state index contributed by atoms with van der Waals surface area (Å²) in [7, 11) is 0. The number of rotatable bonds is 4. The van der Waals surface area contributed by atoms with E-state index in [9.17, 15) is 14.7 Å². The van der Waals surface area contributed by atoms with Crippen molar-refractivity contribution >= 4 is 24.2 Å². The van der Waals surface area contributed by atoms with Crippen LogP contribution in [0.3, 0.4) is 0 Å². The summed E-state index contributed by atoms with van der Waals surface area (Å²) in [4.78, 5) is 25.3. The quantitative estimate of drug-likeness (QED) is 0.631. The number of β-amino-alcohol motifs (C(OH)–C–C–N with tert-alkyl or cyclic N) is 1. The van der Waals surface area contributed by atoms with Gasteiger partial charge in [-0.1, -0.05) is 19.3 Å². The van der Waals surface area contributed by atoms with Gasteiger partial charge in [-0.15, -0.1) is 12.4 Å². The highest BCUT2D eigenvalue weighted by molar-refractivity contribution is 5.97. The summed E-state index contributed by atoms with van der Waals surface area (Å²) >= 11 is 0. The number of amides is 2. The van der Waals surface area contributed by atoms with Crippen LogP contribution in [0.15, 0.2) is 22.8 Å². The Morgan fingerprint density at radius 2 is 2.04 bits per heavy atom. The lowest BCUT2D eigenvalue weighted by Gasteiger charge is -2.39. The first-order valence-corrected chi connectivity index (χ1v) is 8.66. The number of aliphatic hydroxyl groups is 1. The molecule has 2 fully saturated rings. The zero-order valence-electron chi connectivity index (χ0n) is 14.1. The second-order valence-corrected chi connectivity index (χ2v) is 6.71. The van der Waals surface area contributed by atoms with Gasteiger partial charge in [-0.05, 0) is 37.9 Å². The molecular formula is C17H26ClN3O4. The SMILES string of the molecule is Cl.O=C(NC1(C(=O)NC2CCNCC2O)CCCCC1)c1ccco1. The molecule has 2 heterocycles. The molecule has 4 N–H and O–H groups in total. The molecule has 7 nitrogen and oxygen atoms in total. The molecule has 1 aromatic rings. The van der Waals surface area contributed by atoms with Crippen LogP contribution >= 0.6 is 12.4 Å². The Labute approximate surface area is 153 Å². The Morgan fingerprint density at radius 3 is 2.68 bits per heavy atom. The van der Waals surface area contributed by atoms with Crippen molar-refractivity contribution in [2.75, 3.05) is 13.1 Å². The summed E-state index contributed by atoms with van der Waals surface area (Å²) in [6, 6.07) is 2.95.